The molecular weight excluding hydrogens is 314 g/mol. The lowest BCUT2D eigenvalue weighted by Crippen LogP contribution is -2.51. The zero-order valence-corrected chi connectivity index (χ0v) is 14.9. The number of carbonyl (C=O) groups is 2. The fourth-order valence-corrected chi connectivity index (χ4v) is 3.44. The van der Waals surface area contributed by atoms with E-state index in [0.717, 1.165) is 38.3 Å². The molecule has 1 aliphatic heterocycles. The second-order valence-corrected chi connectivity index (χ2v) is 6.29. The largest absolute Gasteiger partial charge is 0.342 e. The highest BCUT2D eigenvalue weighted by Crippen LogP contribution is 2.15. The average Bonchev–Trinajstić information content (AvgIpc) is 3.04. The summed E-state index contributed by atoms with van der Waals surface area (Å²) in [6, 6.07) is 0. The number of aryl methyl sites for hydroxylation is 1. The van der Waals surface area contributed by atoms with Crippen molar-refractivity contribution in [2.24, 2.45) is 0 Å². The third-order valence-electron chi connectivity index (χ3n) is 4.22. The number of amides is 2. The Morgan fingerprint density at radius 1 is 1.13 bits per heavy atom. The van der Waals surface area contributed by atoms with Gasteiger partial charge in [0.15, 0.2) is 0 Å². The minimum atomic E-state index is 0.0200. The van der Waals surface area contributed by atoms with Crippen molar-refractivity contribution in [3.8, 4) is 0 Å². The Morgan fingerprint density at radius 2 is 1.78 bits per heavy atom. The molecule has 0 unspecified atom stereocenters. The Morgan fingerprint density at radius 3 is 2.35 bits per heavy atom. The van der Waals surface area contributed by atoms with Crippen molar-refractivity contribution in [3.05, 3.63) is 10.6 Å². The Bertz CT molecular complexity index is 536. The zero-order chi connectivity index (χ0) is 16.8. The zero-order valence-electron chi connectivity index (χ0n) is 14.1. The third kappa shape index (κ3) is 4.26. The van der Waals surface area contributed by atoms with Gasteiger partial charge in [-0.25, -0.2) is 0 Å². The monoisotopic (exact) mass is 339 g/mol. The topological polar surface area (TPSA) is 69.6 Å². The summed E-state index contributed by atoms with van der Waals surface area (Å²) in [5.41, 5.74) is 0.777. The molecule has 1 aromatic rings. The highest BCUT2D eigenvalue weighted by atomic mass is 32.1. The minimum absolute atomic E-state index is 0.0200. The summed E-state index contributed by atoms with van der Waals surface area (Å²) < 4.78 is 3.88. The lowest BCUT2D eigenvalue weighted by atomic mass is 10.2. The van der Waals surface area contributed by atoms with Crippen LogP contribution in [0.1, 0.15) is 36.1 Å². The van der Waals surface area contributed by atoms with Crippen molar-refractivity contribution in [1.82, 2.24) is 24.3 Å². The van der Waals surface area contributed by atoms with Crippen LogP contribution in [0.5, 0.6) is 0 Å². The molecule has 2 amide bonds. The number of piperazine rings is 1. The van der Waals surface area contributed by atoms with Crippen molar-refractivity contribution in [3.63, 3.8) is 0 Å². The Labute approximate surface area is 141 Å². The highest BCUT2D eigenvalue weighted by molar-refractivity contribution is 7.08. The molecule has 0 atom stereocenters. The van der Waals surface area contributed by atoms with E-state index >= 15 is 0 Å². The third-order valence-corrected chi connectivity index (χ3v) is 4.98. The van der Waals surface area contributed by atoms with Gasteiger partial charge in [-0.15, -0.1) is 5.10 Å². The van der Waals surface area contributed by atoms with Gasteiger partial charge in [0.05, 0.1) is 12.2 Å². The molecule has 2 rings (SSSR count). The molecule has 8 heteroatoms. The summed E-state index contributed by atoms with van der Waals surface area (Å²) in [7, 11) is 0. The molecule has 0 saturated carbocycles. The fourth-order valence-electron chi connectivity index (χ4n) is 2.72. The molecule has 0 radical (unpaired) electrons. The van der Waals surface area contributed by atoms with Gasteiger partial charge in [-0.2, -0.15) is 0 Å². The van der Waals surface area contributed by atoms with Crippen LogP contribution in [0.4, 0.5) is 0 Å². The molecule has 1 aliphatic rings. The van der Waals surface area contributed by atoms with E-state index in [1.165, 1.54) is 11.5 Å². The van der Waals surface area contributed by atoms with Gasteiger partial charge in [-0.05, 0) is 31.8 Å². The molecule has 0 N–H and O–H groups in total. The van der Waals surface area contributed by atoms with Gasteiger partial charge in [0.2, 0.25) is 5.91 Å². The first-order valence-corrected chi connectivity index (χ1v) is 8.98. The van der Waals surface area contributed by atoms with Gasteiger partial charge in [-0.1, -0.05) is 11.4 Å². The van der Waals surface area contributed by atoms with Crippen LogP contribution in [0, 0.1) is 0 Å². The molecule has 0 aromatic carbocycles. The van der Waals surface area contributed by atoms with Crippen molar-refractivity contribution >= 4 is 23.3 Å². The van der Waals surface area contributed by atoms with Gasteiger partial charge in [0.25, 0.3) is 5.91 Å². The van der Waals surface area contributed by atoms with E-state index < -0.39 is 0 Å². The predicted molar refractivity (Wildman–Crippen MR) is 89.6 cm³/mol. The van der Waals surface area contributed by atoms with E-state index in [2.05, 4.69) is 14.5 Å². The maximum atomic E-state index is 12.5. The molecule has 1 fully saturated rings. The van der Waals surface area contributed by atoms with Crippen molar-refractivity contribution in [2.75, 3.05) is 45.8 Å². The number of likely N-dealkylation sites (N-methyl/N-ethyl adjacent to an activating group) is 1. The number of rotatable bonds is 6. The molecule has 2 heterocycles. The number of hydrogen-bond acceptors (Lipinski definition) is 6. The molecule has 0 spiro atoms. The molecule has 0 aliphatic carbocycles. The van der Waals surface area contributed by atoms with Gasteiger partial charge in [0, 0.05) is 39.3 Å². The standard InChI is InChI=1S/C15H25N5O2S/c1-4-12-14(23-17-16-12)15(22)20-9-7-18(8-10-20)11-13(21)19(5-2)6-3/h4-11H2,1-3H3. The van der Waals surface area contributed by atoms with Crippen molar-refractivity contribution < 1.29 is 9.59 Å². The van der Waals surface area contributed by atoms with Gasteiger partial charge in [-0.3, -0.25) is 14.5 Å². The molecule has 0 bridgehead atoms. The van der Waals surface area contributed by atoms with Crippen LogP contribution in [-0.4, -0.2) is 81.9 Å². The predicted octanol–water partition coefficient (Wildman–Crippen LogP) is 0.727. The lowest BCUT2D eigenvalue weighted by Gasteiger charge is -2.35. The molecule has 23 heavy (non-hydrogen) atoms. The van der Waals surface area contributed by atoms with E-state index in [9.17, 15) is 9.59 Å². The fraction of sp³-hybridized carbons (Fsp3) is 0.733. The second kappa shape index (κ2) is 8.35. The molecule has 7 nitrogen and oxygen atoms in total. The van der Waals surface area contributed by atoms with Crippen LogP contribution < -0.4 is 0 Å². The minimum Gasteiger partial charge on any atom is -0.342 e. The van der Waals surface area contributed by atoms with Crippen LogP contribution in [0.3, 0.4) is 0 Å². The van der Waals surface area contributed by atoms with Gasteiger partial charge >= 0.3 is 0 Å². The van der Waals surface area contributed by atoms with Crippen molar-refractivity contribution in [2.45, 2.75) is 27.2 Å². The summed E-state index contributed by atoms with van der Waals surface area (Å²) in [6.07, 6.45) is 0.718. The molecule has 1 aromatic heterocycles. The first-order chi connectivity index (χ1) is 11.1. The molecule has 1 saturated heterocycles. The number of nitrogens with zero attached hydrogens (tertiary/aromatic N) is 5. The Kier molecular flexibility index (Phi) is 6.47. The second-order valence-electron chi connectivity index (χ2n) is 5.54. The summed E-state index contributed by atoms with van der Waals surface area (Å²) in [6.45, 7) is 10.6. The van der Waals surface area contributed by atoms with E-state index in [1.54, 1.807) is 0 Å². The molecule has 128 valence electrons. The van der Waals surface area contributed by atoms with E-state index in [4.69, 9.17) is 0 Å². The summed E-state index contributed by atoms with van der Waals surface area (Å²) in [5, 5.41) is 4.00. The van der Waals surface area contributed by atoms with Crippen LogP contribution in [-0.2, 0) is 11.2 Å². The maximum absolute atomic E-state index is 12.5. The highest BCUT2D eigenvalue weighted by Gasteiger charge is 2.26. The van der Waals surface area contributed by atoms with Gasteiger partial charge < -0.3 is 9.80 Å². The number of aromatic nitrogens is 2. The Hall–Kier alpha value is -1.54. The van der Waals surface area contributed by atoms with E-state index in [-0.39, 0.29) is 11.8 Å². The molecular formula is C15H25N5O2S. The smallest absolute Gasteiger partial charge is 0.267 e. The van der Waals surface area contributed by atoms with Crippen molar-refractivity contribution in [1.29, 1.82) is 0 Å². The summed E-state index contributed by atoms with van der Waals surface area (Å²) in [4.78, 5) is 31.1. The van der Waals surface area contributed by atoms with Gasteiger partial charge in [0.1, 0.15) is 4.88 Å². The lowest BCUT2D eigenvalue weighted by molar-refractivity contribution is -0.132. The summed E-state index contributed by atoms with van der Waals surface area (Å²) >= 11 is 1.17. The quantitative estimate of drug-likeness (QED) is 0.764. The number of carbonyl (C=O) groups excluding carboxylic acids is 2. The SMILES string of the molecule is CCc1nnsc1C(=O)N1CCN(CC(=O)N(CC)CC)CC1. The average molecular weight is 339 g/mol. The Balaban J connectivity index is 1.86. The van der Waals surface area contributed by atoms with Crippen LogP contribution in [0.15, 0.2) is 0 Å². The van der Waals surface area contributed by atoms with Crippen LogP contribution in [0.2, 0.25) is 0 Å². The van der Waals surface area contributed by atoms with E-state index in [1.807, 2.05) is 30.6 Å². The summed E-state index contributed by atoms with van der Waals surface area (Å²) in [5.74, 6) is 0.182. The first kappa shape index (κ1) is 17.8. The van der Waals surface area contributed by atoms with E-state index in [0.29, 0.717) is 24.5 Å². The number of hydrogen-bond donors (Lipinski definition) is 0. The normalized spacial score (nSPS) is 15.7. The first-order valence-electron chi connectivity index (χ1n) is 8.21. The van der Waals surface area contributed by atoms with Crippen LogP contribution in [0.25, 0.3) is 0 Å². The van der Waals surface area contributed by atoms with Crippen LogP contribution >= 0.6 is 11.5 Å². The maximum Gasteiger partial charge on any atom is 0.267 e.